The molecule has 0 aliphatic heterocycles. The summed E-state index contributed by atoms with van der Waals surface area (Å²) in [6.07, 6.45) is 1.43. The number of carbonyl (C=O) groups excluding carboxylic acids is 1. The van der Waals surface area contributed by atoms with E-state index in [0.717, 1.165) is 0 Å². The number of hydrogen-bond donors (Lipinski definition) is 1. The number of phenols is 1. The van der Waals surface area contributed by atoms with Gasteiger partial charge in [-0.15, -0.1) is 0 Å². The number of phenolic OH excluding ortho intramolecular Hbond substituents is 1. The fourth-order valence-corrected chi connectivity index (χ4v) is 2.98. The van der Waals surface area contributed by atoms with Crippen molar-refractivity contribution in [2.45, 2.75) is 6.92 Å². The second kappa shape index (κ2) is 6.58. The lowest BCUT2D eigenvalue weighted by Crippen LogP contribution is -2.03. The van der Waals surface area contributed by atoms with Crippen LogP contribution >= 0.6 is 0 Å². The summed E-state index contributed by atoms with van der Waals surface area (Å²) >= 11 is 0. The van der Waals surface area contributed by atoms with Gasteiger partial charge in [0.05, 0.1) is 21.9 Å². The Morgan fingerprint density at radius 1 is 1.14 bits per heavy atom. The maximum Gasteiger partial charge on any atom is 0.269 e. The Labute approximate surface area is 158 Å². The number of hydrogen-bond acceptors (Lipinski definition) is 6. The van der Waals surface area contributed by atoms with E-state index < -0.39 is 4.92 Å². The zero-order valence-corrected chi connectivity index (χ0v) is 14.7. The number of nitro benzene ring substituents is 1. The van der Waals surface area contributed by atoms with Gasteiger partial charge in [0, 0.05) is 29.3 Å². The van der Waals surface area contributed by atoms with Crippen LogP contribution in [-0.2, 0) is 0 Å². The highest BCUT2D eigenvalue weighted by molar-refractivity contribution is 6.11. The summed E-state index contributed by atoms with van der Waals surface area (Å²) in [6.45, 7) is 1.79. The predicted octanol–water partition coefficient (Wildman–Crippen LogP) is 3.57. The van der Waals surface area contributed by atoms with Crippen LogP contribution in [0.3, 0.4) is 0 Å². The molecule has 0 aliphatic rings. The number of aromatic hydroxyl groups is 1. The van der Waals surface area contributed by atoms with Crippen molar-refractivity contribution < 1.29 is 14.8 Å². The monoisotopic (exact) mass is 374 g/mol. The van der Waals surface area contributed by atoms with Crippen LogP contribution in [0.2, 0.25) is 0 Å². The number of aromatic nitrogens is 3. The van der Waals surface area contributed by atoms with Gasteiger partial charge in [-0.1, -0.05) is 12.1 Å². The molecule has 4 aromatic rings. The first-order chi connectivity index (χ1) is 13.5. The first kappa shape index (κ1) is 17.3. The normalized spacial score (nSPS) is 10.9. The summed E-state index contributed by atoms with van der Waals surface area (Å²) in [7, 11) is 0. The molecule has 8 nitrogen and oxygen atoms in total. The van der Waals surface area contributed by atoms with Crippen molar-refractivity contribution in [3.05, 3.63) is 87.7 Å². The Balaban J connectivity index is 1.78. The molecule has 0 saturated heterocycles. The van der Waals surface area contributed by atoms with Crippen LogP contribution in [-0.4, -0.2) is 30.6 Å². The minimum Gasteiger partial charge on any atom is -0.507 e. The molecule has 1 N–H and O–H groups in total. The van der Waals surface area contributed by atoms with Crippen molar-refractivity contribution in [3.8, 4) is 11.4 Å². The second-order valence-electron chi connectivity index (χ2n) is 6.21. The van der Waals surface area contributed by atoms with Crippen molar-refractivity contribution in [1.29, 1.82) is 0 Å². The summed E-state index contributed by atoms with van der Waals surface area (Å²) in [5.41, 5.74) is 2.33. The van der Waals surface area contributed by atoms with E-state index in [2.05, 4.69) is 10.1 Å². The average molecular weight is 374 g/mol. The quantitative estimate of drug-likeness (QED) is 0.332. The number of fused-ring (bicyclic) bond motifs is 1. The third-order valence-corrected chi connectivity index (χ3v) is 4.42. The Bertz CT molecular complexity index is 1230. The van der Waals surface area contributed by atoms with E-state index in [4.69, 9.17) is 0 Å². The van der Waals surface area contributed by atoms with Crippen LogP contribution in [0.1, 0.15) is 21.6 Å². The van der Waals surface area contributed by atoms with Gasteiger partial charge in [0.15, 0.2) is 11.4 Å². The first-order valence-electron chi connectivity index (χ1n) is 8.38. The molecule has 0 bridgehead atoms. The van der Waals surface area contributed by atoms with Crippen LogP contribution in [0.4, 0.5) is 5.69 Å². The number of rotatable bonds is 4. The standard InChI is InChI=1S/C20H14N4O4/c1-12-17-10-13(19(26)16-4-2-3-5-18(16)25)11-21-20(17)23(22-12)14-6-8-15(9-7-14)24(27)28/h2-11,25H,1H3. The SMILES string of the molecule is Cc1nn(-c2ccc([N+](=O)[O-])cc2)c2ncc(C(=O)c3ccccc3O)cc12. The summed E-state index contributed by atoms with van der Waals surface area (Å²) in [5, 5.41) is 25.9. The number of nitrogens with zero attached hydrogens (tertiary/aromatic N) is 4. The van der Waals surface area contributed by atoms with E-state index in [1.54, 1.807) is 48.0 Å². The van der Waals surface area contributed by atoms with Crippen molar-refractivity contribution >= 4 is 22.5 Å². The number of non-ortho nitro benzene ring substituents is 1. The molecular weight excluding hydrogens is 360 g/mol. The largest absolute Gasteiger partial charge is 0.507 e. The molecule has 4 rings (SSSR count). The number of aryl methyl sites for hydroxylation is 1. The summed E-state index contributed by atoms with van der Waals surface area (Å²) in [6, 6.07) is 14.0. The predicted molar refractivity (Wildman–Crippen MR) is 102 cm³/mol. The molecule has 2 aromatic carbocycles. The van der Waals surface area contributed by atoms with Gasteiger partial charge in [-0.3, -0.25) is 14.9 Å². The van der Waals surface area contributed by atoms with Gasteiger partial charge in [-0.2, -0.15) is 5.10 Å². The minimum atomic E-state index is -0.467. The lowest BCUT2D eigenvalue weighted by Gasteiger charge is -2.05. The highest BCUT2D eigenvalue weighted by Crippen LogP contribution is 2.25. The van der Waals surface area contributed by atoms with Gasteiger partial charge in [-0.05, 0) is 37.3 Å². The third kappa shape index (κ3) is 2.86. The molecule has 0 fully saturated rings. The molecule has 0 aliphatic carbocycles. The molecule has 0 amide bonds. The van der Waals surface area contributed by atoms with E-state index in [1.807, 2.05) is 0 Å². The first-order valence-corrected chi connectivity index (χ1v) is 8.38. The molecule has 0 radical (unpaired) electrons. The van der Waals surface area contributed by atoms with Crippen molar-refractivity contribution in [1.82, 2.24) is 14.8 Å². The molecule has 8 heteroatoms. The Morgan fingerprint density at radius 3 is 2.54 bits per heavy atom. The van der Waals surface area contributed by atoms with Gasteiger partial charge < -0.3 is 5.11 Å². The molecule has 0 unspecified atom stereocenters. The molecule has 0 atom stereocenters. The van der Waals surface area contributed by atoms with Crippen LogP contribution in [0.5, 0.6) is 5.75 Å². The lowest BCUT2D eigenvalue weighted by atomic mass is 10.0. The third-order valence-electron chi connectivity index (χ3n) is 4.42. The van der Waals surface area contributed by atoms with Crippen LogP contribution in [0, 0.1) is 17.0 Å². The Morgan fingerprint density at radius 2 is 1.86 bits per heavy atom. The number of nitro groups is 1. The highest BCUT2D eigenvalue weighted by atomic mass is 16.6. The molecular formula is C20H14N4O4. The van der Waals surface area contributed by atoms with Crippen LogP contribution in [0.25, 0.3) is 16.7 Å². The number of carbonyl (C=O) groups is 1. The van der Waals surface area contributed by atoms with Crippen molar-refractivity contribution in [3.63, 3.8) is 0 Å². The maximum absolute atomic E-state index is 12.7. The molecule has 2 heterocycles. The number of ketones is 1. The minimum absolute atomic E-state index is 0.0135. The van der Waals surface area contributed by atoms with Crippen molar-refractivity contribution in [2.75, 3.05) is 0 Å². The summed E-state index contributed by atoms with van der Waals surface area (Å²) in [5.74, 6) is -0.430. The van der Waals surface area contributed by atoms with E-state index in [9.17, 15) is 20.0 Å². The van der Waals surface area contributed by atoms with Gasteiger partial charge >= 0.3 is 0 Å². The summed E-state index contributed by atoms with van der Waals surface area (Å²) < 4.78 is 1.57. The van der Waals surface area contributed by atoms with Gasteiger partial charge in [0.25, 0.3) is 5.69 Å². The van der Waals surface area contributed by atoms with E-state index in [-0.39, 0.29) is 22.8 Å². The van der Waals surface area contributed by atoms with Crippen molar-refractivity contribution in [2.24, 2.45) is 0 Å². The lowest BCUT2D eigenvalue weighted by molar-refractivity contribution is -0.384. The second-order valence-corrected chi connectivity index (χ2v) is 6.21. The number of benzene rings is 2. The Hall–Kier alpha value is -4.07. The fraction of sp³-hybridized carbons (Fsp3) is 0.0500. The molecule has 28 heavy (non-hydrogen) atoms. The zero-order valence-electron chi connectivity index (χ0n) is 14.7. The van der Waals surface area contributed by atoms with Gasteiger partial charge in [0.2, 0.25) is 0 Å². The molecule has 0 saturated carbocycles. The molecule has 0 spiro atoms. The van der Waals surface area contributed by atoms with E-state index in [0.29, 0.717) is 28.0 Å². The number of pyridine rings is 1. The van der Waals surface area contributed by atoms with Gasteiger partial charge in [0.1, 0.15) is 5.75 Å². The van der Waals surface area contributed by atoms with E-state index in [1.165, 1.54) is 24.4 Å². The van der Waals surface area contributed by atoms with Crippen LogP contribution in [0.15, 0.2) is 60.8 Å². The highest BCUT2D eigenvalue weighted by Gasteiger charge is 2.17. The van der Waals surface area contributed by atoms with Crippen LogP contribution < -0.4 is 0 Å². The smallest absolute Gasteiger partial charge is 0.269 e. The number of para-hydroxylation sites is 1. The topological polar surface area (TPSA) is 111 Å². The maximum atomic E-state index is 12.7. The molecule has 138 valence electrons. The average Bonchev–Trinajstić information content (AvgIpc) is 3.04. The zero-order chi connectivity index (χ0) is 19.8. The summed E-state index contributed by atoms with van der Waals surface area (Å²) in [4.78, 5) is 27.4. The van der Waals surface area contributed by atoms with E-state index >= 15 is 0 Å². The molecule has 2 aromatic heterocycles. The van der Waals surface area contributed by atoms with Gasteiger partial charge in [-0.25, -0.2) is 9.67 Å². The Kier molecular flexibility index (Phi) is 4.08. The fourth-order valence-electron chi connectivity index (χ4n) is 2.98.